The van der Waals surface area contributed by atoms with Gasteiger partial charge in [-0.2, -0.15) is 0 Å². The fraction of sp³-hybridized carbons (Fsp3) is 0.286. The van der Waals surface area contributed by atoms with Gasteiger partial charge in [0.05, 0.1) is 0 Å². The molecule has 1 aromatic heterocycles. The summed E-state index contributed by atoms with van der Waals surface area (Å²) in [4.78, 5) is 8.94. The van der Waals surface area contributed by atoms with E-state index in [1.165, 1.54) is 0 Å². The number of aromatic nitrogens is 2. The second kappa shape index (κ2) is 6.15. The van der Waals surface area contributed by atoms with Gasteiger partial charge in [0.15, 0.2) is 0 Å². The Balaban J connectivity index is 2.35. The van der Waals surface area contributed by atoms with Gasteiger partial charge in [0.1, 0.15) is 17.5 Å². The molecular weight excluding hydrogens is 238 g/mol. The predicted molar refractivity (Wildman–Crippen MR) is 78.3 cm³/mol. The minimum Gasteiger partial charge on any atom is -0.340 e. The summed E-state index contributed by atoms with van der Waals surface area (Å²) in [5, 5.41) is 3.30. The van der Waals surface area contributed by atoms with E-state index in [2.05, 4.69) is 27.6 Å². The van der Waals surface area contributed by atoms with Crippen molar-refractivity contribution in [2.45, 2.75) is 26.7 Å². The first-order valence-electron chi connectivity index (χ1n) is 6.40. The molecule has 0 fully saturated rings. The summed E-state index contributed by atoms with van der Waals surface area (Å²) < 4.78 is 0. The van der Waals surface area contributed by atoms with Crippen molar-refractivity contribution in [3.8, 4) is 0 Å². The number of para-hydroxylation sites is 1. The molecule has 0 saturated carbocycles. The second-order valence-electron chi connectivity index (χ2n) is 4.35. The van der Waals surface area contributed by atoms with Crippen LogP contribution in [-0.4, -0.2) is 9.97 Å². The van der Waals surface area contributed by atoms with Crippen molar-refractivity contribution >= 4 is 17.3 Å². The third-order valence-corrected chi connectivity index (χ3v) is 2.84. The molecule has 0 aliphatic heterocycles. The third-order valence-electron chi connectivity index (χ3n) is 2.84. The normalized spacial score (nSPS) is 10.3. The lowest BCUT2D eigenvalue weighted by Crippen LogP contribution is -2.14. The van der Waals surface area contributed by atoms with Crippen LogP contribution in [0.1, 0.15) is 24.7 Å². The molecule has 5 nitrogen and oxygen atoms in total. The molecule has 4 N–H and O–H groups in total. The molecule has 2 rings (SSSR count). The van der Waals surface area contributed by atoms with E-state index in [4.69, 9.17) is 5.84 Å². The van der Waals surface area contributed by atoms with Crippen LogP contribution in [0.2, 0.25) is 0 Å². The average molecular weight is 257 g/mol. The molecule has 0 saturated heterocycles. The molecular formula is C14H19N5. The Labute approximate surface area is 113 Å². The van der Waals surface area contributed by atoms with Gasteiger partial charge < -0.3 is 10.7 Å². The molecule has 0 unspecified atom stereocenters. The van der Waals surface area contributed by atoms with Crippen LogP contribution in [-0.2, 0) is 6.42 Å². The molecule has 1 aromatic carbocycles. The van der Waals surface area contributed by atoms with Gasteiger partial charge >= 0.3 is 0 Å². The largest absolute Gasteiger partial charge is 0.340 e. The quantitative estimate of drug-likeness (QED) is 0.567. The van der Waals surface area contributed by atoms with Crippen LogP contribution in [0.25, 0.3) is 0 Å². The van der Waals surface area contributed by atoms with E-state index >= 15 is 0 Å². The van der Waals surface area contributed by atoms with Crippen molar-refractivity contribution in [1.29, 1.82) is 0 Å². The number of hydrogen-bond donors (Lipinski definition) is 3. The van der Waals surface area contributed by atoms with Crippen molar-refractivity contribution in [2.24, 2.45) is 5.84 Å². The molecule has 1 heterocycles. The van der Waals surface area contributed by atoms with Crippen LogP contribution in [0.3, 0.4) is 0 Å². The molecule has 0 aliphatic carbocycles. The summed E-state index contributed by atoms with van der Waals surface area (Å²) in [5.74, 6) is 7.75. The van der Waals surface area contributed by atoms with Gasteiger partial charge in [-0.15, -0.1) is 0 Å². The Morgan fingerprint density at radius 1 is 1.11 bits per heavy atom. The predicted octanol–water partition coefficient (Wildman–Crippen LogP) is 2.77. The molecule has 0 atom stereocenters. The second-order valence-corrected chi connectivity index (χ2v) is 4.35. The molecule has 0 amide bonds. The fourth-order valence-electron chi connectivity index (χ4n) is 1.82. The van der Waals surface area contributed by atoms with E-state index in [1.807, 2.05) is 37.3 Å². The Kier molecular flexibility index (Phi) is 4.30. The Bertz CT molecular complexity index is 539. The van der Waals surface area contributed by atoms with Crippen molar-refractivity contribution in [3.05, 3.63) is 41.7 Å². The van der Waals surface area contributed by atoms with Gasteiger partial charge in [0.2, 0.25) is 0 Å². The highest BCUT2D eigenvalue weighted by Crippen LogP contribution is 2.23. The van der Waals surface area contributed by atoms with E-state index in [-0.39, 0.29) is 0 Å². The zero-order chi connectivity index (χ0) is 13.7. The number of nitrogen functional groups attached to an aromatic ring is 1. The number of anilines is 3. The topological polar surface area (TPSA) is 75.9 Å². The lowest BCUT2D eigenvalue weighted by molar-refractivity contribution is 0.833. The standard InChI is InChI=1S/C14H19N5/c1-3-7-12-17-13(10(2)14(18-12)19-15)16-11-8-5-4-6-9-11/h4-6,8-9H,3,7,15H2,1-2H3,(H2,16,17,18,19). The van der Waals surface area contributed by atoms with Gasteiger partial charge in [-0.1, -0.05) is 25.1 Å². The average Bonchev–Trinajstić information content (AvgIpc) is 2.43. The van der Waals surface area contributed by atoms with E-state index in [9.17, 15) is 0 Å². The van der Waals surface area contributed by atoms with Gasteiger partial charge in [-0.05, 0) is 25.5 Å². The van der Waals surface area contributed by atoms with Gasteiger partial charge in [0, 0.05) is 17.7 Å². The number of rotatable bonds is 5. The van der Waals surface area contributed by atoms with E-state index < -0.39 is 0 Å². The van der Waals surface area contributed by atoms with Crippen LogP contribution in [0, 0.1) is 6.92 Å². The van der Waals surface area contributed by atoms with Crippen LogP contribution in [0.15, 0.2) is 30.3 Å². The zero-order valence-corrected chi connectivity index (χ0v) is 11.3. The Morgan fingerprint density at radius 2 is 1.79 bits per heavy atom. The van der Waals surface area contributed by atoms with Crippen LogP contribution >= 0.6 is 0 Å². The van der Waals surface area contributed by atoms with E-state index in [0.717, 1.165) is 35.7 Å². The minimum atomic E-state index is 0.664. The number of nitrogens with zero attached hydrogens (tertiary/aromatic N) is 2. The SMILES string of the molecule is CCCc1nc(NN)c(C)c(Nc2ccccc2)n1. The number of hydrogen-bond acceptors (Lipinski definition) is 5. The lowest BCUT2D eigenvalue weighted by Gasteiger charge is -2.13. The fourth-order valence-corrected chi connectivity index (χ4v) is 1.82. The molecule has 5 heteroatoms. The Morgan fingerprint density at radius 3 is 2.42 bits per heavy atom. The summed E-state index contributed by atoms with van der Waals surface area (Å²) in [6.07, 6.45) is 1.83. The summed E-state index contributed by atoms with van der Waals surface area (Å²) in [6, 6.07) is 9.93. The molecule has 19 heavy (non-hydrogen) atoms. The summed E-state index contributed by atoms with van der Waals surface area (Å²) in [5.41, 5.74) is 4.53. The smallest absolute Gasteiger partial charge is 0.148 e. The first-order chi connectivity index (χ1) is 9.24. The third kappa shape index (κ3) is 3.20. The van der Waals surface area contributed by atoms with Crippen molar-refractivity contribution < 1.29 is 0 Å². The summed E-state index contributed by atoms with van der Waals surface area (Å²) in [7, 11) is 0. The molecule has 0 bridgehead atoms. The zero-order valence-electron chi connectivity index (χ0n) is 11.3. The first kappa shape index (κ1) is 13.3. The maximum atomic E-state index is 5.51. The molecule has 0 aliphatic rings. The number of hydrazine groups is 1. The highest BCUT2D eigenvalue weighted by molar-refractivity contribution is 5.64. The minimum absolute atomic E-state index is 0.664. The number of nitrogens with two attached hydrogens (primary N) is 1. The van der Waals surface area contributed by atoms with E-state index in [0.29, 0.717) is 5.82 Å². The Hall–Kier alpha value is -2.14. The van der Waals surface area contributed by atoms with Crippen LogP contribution < -0.4 is 16.6 Å². The van der Waals surface area contributed by atoms with Crippen molar-refractivity contribution in [3.63, 3.8) is 0 Å². The maximum absolute atomic E-state index is 5.51. The van der Waals surface area contributed by atoms with Crippen LogP contribution in [0.4, 0.5) is 17.3 Å². The van der Waals surface area contributed by atoms with Gasteiger partial charge in [-0.25, -0.2) is 15.8 Å². The molecule has 0 radical (unpaired) electrons. The number of benzene rings is 1. The summed E-state index contributed by atoms with van der Waals surface area (Å²) >= 11 is 0. The molecule has 0 spiro atoms. The molecule has 2 aromatic rings. The number of nitrogens with one attached hydrogen (secondary N) is 2. The highest BCUT2D eigenvalue weighted by Gasteiger charge is 2.10. The monoisotopic (exact) mass is 257 g/mol. The van der Waals surface area contributed by atoms with Crippen LogP contribution in [0.5, 0.6) is 0 Å². The van der Waals surface area contributed by atoms with Gasteiger partial charge in [-0.3, -0.25) is 0 Å². The van der Waals surface area contributed by atoms with Crippen molar-refractivity contribution in [2.75, 3.05) is 10.7 Å². The van der Waals surface area contributed by atoms with Gasteiger partial charge in [0.25, 0.3) is 0 Å². The van der Waals surface area contributed by atoms with Crippen molar-refractivity contribution in [1.82, 2.24) is 9.97 Å². The number of aryl methyl sites for hydroxylation is 1. The highest BCUT2D eigenvalue weighted by atomic mass is 15.3. The lowest BCUT2D eigenvalue weighted by atomic mass is 10.2. The first-order valence-corrected chi connectivity index (χ1v) is 6.40. The summed E-state index contributed by atoms with van der Waals surface area (Å²) in [6.45, 7) is 4.04. The van der Waals surface area contributed by atoms with E-state index in [1.54, 1.807) is 0 Å². The molecule has 100 valence electrons. The maximum Gasteiger partial charge on any atom is 0.148 e.